The molecule has 0 saturated heterocycles. The van der Waals surface area contributed by atoms with Crippen LogP contribution in [0.15, 0.2) is 46.9 Å². The van der Waals surface area contributed by atoms with Gasteiger partial charge >= 0.3 is 0 Å². The lowest BCUT2D eigenvalue weighted by molar-refractivity contribution is 1.17. The maximum absolute atomic E-state index is 6.33. The molecule has 0 amide bonds. The normalized spacial score (nSPS) is 12.5. The third kappa shape index (κ3) is 2.93. The molecule has 0 nitrogen and oxygen atoms in total. The number of halogens is 3. The van der Waals surface area contributed by atoms with Crippen molar-refractivity contribution in [3.8, 4) is 0 Å². The summed E-state index contributed by atoms with van der Waals surface area (Å²) in [4.78, 5) is 0.128. The van der Waals surface area contributed by atoms with Crippen LogP contribution in [0.4, 0.5) is 0 Å². The van der Waals surface area contributed by atoms with E-state index < -0.39 is 0 Å². The topological polar surface area (TPSA) is 0 Å². The summed E-state index contributed by atoms with van der Waals surface area (Å²) in [6, 6.07) is 14.3. The Hall–Kier alpha value is -0.310. The summed E-state index contributed by atoms with van der Waals surface area (Å²) >= 11 is 13.5. The summed E-state index contributed by atoms with van der Waals surface area (Å²) in [5.41, 5.74) is 3.40. The Kier molecular flexibility index (Phi) is 4.29. The lowest BCUT2D eigenvalue weighted by Gasteiger charge is -2.14. The van der Waals surface area contributed by atoms with E-state index in [0.29, 0.717) is 0 Å². The molecule has 0 aliphatic heterocycles. The first-order valence-electron chi connectivity index (χ1n) is 5.24. The Labute approximate surface area is 123 Å². The Bertz CT molecular complexity index is 520. The maximum Gasteiger partial charge on any atom is 0.0659 e. The molecule has 17 heavy (non-hydrogen) atoms. The smallest absolute Gasteiger partial charge is 0.0659 e. The minimum absolute atomic E-state index is 0.128. The van der Waals surface area contributed by atoms with Crippen molar-refractivity contribution in [1.82, 2.24) is 0 Å². The molecule has 0 aliphatic rings. The Balaban J connectivity index is 2.40. The molecule has 0 spiro atoms. The van der Waals surface area contributed by atoms with Gasteiger partial charge < -0.3 is 0 Å². The van der Waals surface area contributed by atoms with E-state index in [9.17, 15) is 0 Å². The first-order chi connectivity index (χ1) is 8.09. The van der Waals surface area contributed by atoms with Crippen molar-refractivity contribution in [2.45, 2.75) is 11.8 Å². The van der Waals surface area contributed by atoms with E-state index in [-0.39, 0.29) is 4.83 Å². The van der Waals surface area contributed by atoms with Crippen molar-refractivity contribution in [1.29, 1.82) is 0 Å². The van der Waals surface area contributed by atoms with Crippen LogP contribution in [0.1, 0.15) is 21.5 Å². The van der Waals surface area contributed by atoms with Gasteiger partial charge in [-0.1, -0.05) is 73.8 Å². The van der Waals surface area contributed by atoms with Crippen LogP contribution >= 0.6 is 43.5 Å². The summed E-state index contributed by atoms with van der Waals surface area (Å²) in [5.74, 6) is 0. The van der Waals surface area contributed by atoms with Gasteiger partial charge in [-0.05, 0) is 35.7 Å². The summed E-state index contributed by atoms with van der Waals surface area (Å²) in [6.45, 7) is 2.02. The van der Waals surface area contributed by atoms with Gasteiger partial charge in [0, 0.05) is 9.50 Å². The van der Waals surface area contributed by atoms with Crippen LogP contribution in [0, 0.1) is 6.92 Å². The number of rotatable bonds is 2. The van der Waals surface area contributed by atoms with Crippen LogP contribution in [-0.2, 0) is 0 Å². The van der Waals surface area contributed by atoms with Gasteiger partial charge in [0.05, 0.1) is 4.83 Å². The molecule has 0 N–H and O–H groups in total. The van der Waals surface area contributed by atoms with Crippen molar-refractivity contribution < 1.29 is 0 Å². The van der Waals surface area contributed by atoms with Crippen molar-refractivity contribution in [2.75, 3.05) is 0 Å². The minimum Gasteiger partial charge on any atom is -0.0837 e. The van der Waals surface area contributed by atoms with Gasteiger partial charge in [-0.2, -0.15) is 0 Å². The first-order valence-corrected chi connectivity index (χ1v) is 7.33. The summed E-state index contributed by atoms with van der Waals surface area (Å²) in [5, 5.41) is 0.831. The molecule has 2 aromatic rings. The molecule has 1 atom stereocenters. The third-order valence-electron chi connectivity index (χ3n) is 2.66. The van der Waals surface area contributed by atoms with Gasteiger partial charge in [-0.3, -0.25) is 0 Å². The fraction of sp³-hybridized carbons (Fsp3) is 0.143. The van der Waals surface area contributed by atoms with Gasteiger partial charge in [0.1, 0.15) is 0 Å². The van der Waals surface area contributed by atoms with Gasteiger partial charge in [0.15, 0.2) is 0 Å². The van der Waals surface area contributed by atoms with Gasteiger partial charge in [0.25, 0.3) is 0 Å². The highest BCUT2D eigenvalue weighted by atomic mass is 79.9. The molecule has 0 bridgehead atoms. The number of hydrogen-bond donors (Lipinski definition) is 0. The van der Waals surface area contributed by atoms with E-state index in [2.05, 4.69) is 50.1 Å². The fourth-order valence-electron chi connectivity index (χ4n) is 1.68. The molecule has 88 valence electrons. The zero-order valence-corrected chi connectivity index (χ0v) is 13.2. The molecule has 0 radical (unpaired) electrons. The number of benzene rings is 2. The number of alkyl halides is 1. The van der Waals surface area contributed by atoms with E-state index in [1.54, 1.807) is 0 Å². The van der Waals surface area contributed by atoms with E-state index >= 15 is 0 Å². The number of aryl methyl sites for hydroxylation is 1. The SMILES string of the molecule is Cc1cccc(C(Br)c2ccc(Br)cc2)c1Cl. The predicted octanol–water partition coefficient (Wildman–Crippen LogP) is 5.90. The van der Waals surface area contributed by atoms with Crippen LogP contribution in [0.5, 0.6) is 0 Å². The molecule has 0 fully saturated rings. The predicted molar refractivity (Wildman–Crippen MR) is 81.1 cm³/mol. The zero-order chi connectivity index (χ0) is 12.4. The monoisotopic (exact) mass is 372 g/mol. The van der Waals surface area contributed by atoms with Crippen LogP contribution in [-0.4, -0.2) is 0 Å². The Morgan fingerprint density at radius 1 is 1.06 bits per heavy atom. The average molecular weight is 375 g/mol. The molecule has 2 aromatic carbocycles. The van der Waals surface area contributed by atoms with Gasteiger partial charge in [-0.25, -0.2) is 0 Å². The van der Waals surface area contributed by atoms with Crippen LogP contribution < -0.4 is 0 Å². The van der Waals surface area contributed by atoms with Crippen LogP contribution in [0.2, 0.25) is 5.02 Å². The van der Waals surface area contributed by atoms with E-state index in [4.69, 9.17) is 11.6 Å². The second-order valence-corrected chi connectivity index (χ2v) is 6.10. The first kappa shape index (κ1) is 13.1. The maximum atomic E-state index is 6.33. The molecular weight excluding hydrogens is 363 g/mol. The minimum atomic E-state index is 0.128. The highest BCUT2D eigenvalue weighted by Gasteiger charge is 2.14. The summed E-state index contributed by atoms with van der Waals surface area (Å²) in [6.07, 6.45) is 0. The standard InChI is InChI=1S/C14H11Br2Cl/c1-9-3-2-4-12(14(9)17)13(16)10-5-7-11(15)8-6-10/h2-8,13H,1H3. The highest BCUT2D eigenvalue weighted by molar-refractivity contribution is 9.10. The second-order valence-electron chi connectivity index (χ2n) is 3.89. The quantitative estimate of drug-likeness (QED) is 0.575. The average Bonchev–Trinajstić information content (AvgIpc) is 2.33. The van der Waals surface area contributed by atoms with E-state index in [1.165, 1.54) is 5.56 Å². The highest BCUT2D eigenvalue weighted by Crippen LogP contribution is 2.36. The van der Waals surface area contributed by atoms with Gasteiger partial charge in [-0.15, -0.1) is 0 Å². The Morgan fingerprint density at radius 3 is 2.35 bits per heavy atom. The molecular formula is C14H11Br2Cl. The van der Waals surface area contributed by atoms with Crippen molar-refractivity contribution in [3.63, 3.8) is 0 Å². The second kappa shape index (κ2) is 5.55. The molecule has 0 aromatic heterocycles. The summed E-state index contributed by atoms with van der Waals surface area (Å²) < 4.78 is 1.08. The number of hydrogen-bond acceptors (Lipinski definition) is 0. The van der Waals surface area contributed by atoms with E-state index in [1.807, 2.05) is 31.2 Å². The van der Waals surface area contributed by atoms with Crippen molar-refractivity contribution in [2.24, 2.45) is 0 Å². The van der Waals surface area contributed by atoms with Gasteiger partial charge in [0.2, 0.25) is 0 Å². The van der Waals surface area contributed by atoms with Crippen molar-refractivity contribution in [3.05, 3.63) is 68.7 Å². The van der Waals surface area contributed by atoms with E-state index in [0.717, 1.165) is 20.6 Å². The molecule has 3 heteroatoms. The fourth-order valence-corrected chi connectivity index (χ4v) is 3.00. The molecule has 1 unspecified atom stereocenters. The molecule has 0 heterocycles. The lowest BCUT2D eigenvalue weighted by atomic mass is 10.0. The largest absolute Gasteiger partial charge is 0.0837 e. The summed E-state index contributed by atoms with van der Waals surface area (Å²) in [7, 11) is 0. The molecule has 0 aliphatic carbocycles. The lowest BCUT2D eigenvalue weighted by Crippen LogP contribution is -1.94. The van der Waals surface area contributed by atoms with Crippen molar-refractivity contribution >= 4 is 43.5 Å². The third-order valence-corrected chi connectivity index (χ3v) is 4.72. The van der Waals surface area contributed by atoms with Crippen LogP contribution in [0.3, 0.4) is 0 Å². The molecule has 0 saturated carbocycles. The Morgan fingerprint density at radius 2 is 1.71 bits per heavy atom. The van der Waals surface area contributed by atoms with Crippen LogP contribution in [0.25, 0.3) is 0 Å². The molecule has 2 rings (SSSR count). The zero-order valence-electron chi connectivity index (χ0n) is 9.25.